The van der Waals surface area contributed by atoms with Crippen LogP contribution in [0.4, 0.5) is 0 Å². The van der Waals surface area contributed by atoms with E-state index in [2.05, 4.69) is 5.32 Å². The number of carbonyl (C=O) groups excluding carboxylic acids is 1. The molecule has 1 N–H and O–H groups in total. The summed E-state index contributed by atoms with van der Waals surface area (Å²) in [6, 6.07) is 5.77. The number of carbonyl (C=O) groups is 1. The van der Waals surface area contributed by atoms with Gasteiger partial charge in [0.15, 0.2) is 0 Å². The number of benzene rings is 1. The molecule has 1 heterocycles. The van der Waals surface area contributed by atoms with Crippen molar-refractivity contribution < 1.29 is 4.79 Å². The van der Waals surface area contributed by atoms with Crippen LogP contribution >= 0.6 is 23.2 Å². The Bertz CT molecular complexity index is 479. The molecular weight excluding hydrogens is 295 g/mol. The third-order valence-electron chi connectivity index (χ3n) is 3.76. The van der Waals surface area contributed by atoms with Crippen molar-refractivity contribution in [1.29, 1.82) is 0 Å². The summed E-state index contributed by atoms with van der Waals surface area (Å²) in [7, 11) is 1.93. The van der Waals surface area contributed by atoms with Crippen LogP contribution in [0.25, 0.3) is 0 Å². The molecule has 0 bridgehead atoms. The Morgan fingerprint density at radius 2 is 2.25 bits per heavy atom. The van der Waals surface area contributed by atoms with Gasteiger partial charge in [-0.2, -0.15) is 0 Å². The van der Waals surface area contributed by atoms with Crippen LogP contribution < -0.4 is 5.32 Å². The molecule has 20 heavy (non-hydrogen) atoms. The van der Waals surface area contributed by atoms with Crippen molar-refractivity contribution in [3.63, 3.8) is 0 Å². The third kappa shape index (κ3) is 3.87. The standard InChI is InChI=1S/C15H20Cl2N2O/c1-18-10-13-3-2-8-19(13)15(20)7-5-11-4-6-12(16)9-14(11)17/h4,6,9,13,18H,2-3,5,7-8,10H2,1H3. The molecule has 0 radical (unpaired) electrons. The summed E-state index contributed by atoms with van der Waals surface area (Å²) < 4.78 is 0. The zero-order chi connectivity index (χ0) is 14.5. The molecule has 3 nitrogen and oxygen atoms in total. The molecular formula is C15H20Cl2N2O. The second-order valence-electron chi connectivity index (χ2n) is 5.18. The molecule has 5 heteroatoms. The fourth-order valence-electron chi connectivity index (χ4n) is 2.72. The molecule has 1 aromatic carbocycles. The van der Waals surface area contributed by atoms with Crippen molar-refractivity contribution in [3.05, 3.63) is 33.8 Å². The van der Waals surface area contributed by atoms with Crippen LogP contribution in [-0.2, 0) is 11.2 Å². The van der Waals surface area contributed by atoms with Crippen LogP contribution in [0.15, 0.2) is 18.2 Å². The molecule has 0 aliphatic carbocycles. The highest BCUT2D eigenvalue weighted by Gasteiger charge is 2.27. The summed E-state index contributed by atoms with van der Waals surface area (Å²) in [5.41, 5.74) is 0.980. The number of amides is 1. The van der Waals surface area contributed by atoms with E-state index in [9.17, 15) is 4.79 Å². The van der Waals surface area contributed by atoms with Gasteiger partial charge >= 0.3 is 0 Å². The van der Waals surface area contributed by atoms with Crippen LogP contribution in [0.2, 0.25) is 10.0 Å². The number of aryl methyl sites for hydroxylation is 1. The maximum Gasteiger partial charge on any atom is 0.223 e. The highest BCUT2D eigenvalue weighted by molar-refractivity contribution is 6.35. The van der Waals surface area contributed by atoms with Gasteiger partial charge in [0.25, 0.3) is 0 Å². The molecule has 2 rings (SSSR count). The van der Waals surface area contributed by atoms with Gasteiger partial charge < -0.3 is 10.2 Å². The predicted molar refractivity (Wildman–Crippen MR) is 83.4 cm³/mol. The number of halogens is 2. The van der Waals surface area contributed by atoms with Gasteiger partial charge in [0.1, 0.15) is 0 Å². The molecule has 1 amide bonds. The molecule has 1 aliphatic heterocycles. The zero-order valence-corrected chi connectivity index (χ0v) is 13.2. The number of likely N-dealkylation sites (tertiary alicyclic amines) is 1. The van der Waals surface area contributed by atoms with Crippen molar-refractivity contribution in [2.45, 2.75) is 31.7 Å². The lowest BCUT2D eigenvalue weighted by Crippen LogP contribution is -2.40. The highest BCUT2D eigenvalue weighted by Crippen LogP contribution is 2.23. The van der Waals surface area contributed by atoms with E-state index >= 15 is 0 Å². The van der Waals surface area contributed by atoms with E-state index in [1.807, 2.05) is 24.1 Å². The Balaban J connectivity index is 1.91. The van der Waals surface area contributed by atoms with E-state index in [1.54, 1.807) is 6.07 Å². The minimum atomic E-state index is 0.216. The molecule has 0 aromatic heterocycles. The first-order valence-corrected chi connectivity index (χ1v) is 7.75. The summed E-state index contributed by atoms with van der Waals surface area (Å²) in [5, 5.41) is 4.42. The molecule has 1 aromatic rings. The summed E-state index contributed by atoms with van der Waals surface area (Å²) in [6.45, 7) is 1.74. The number of nitrogens with one attached hydrogen (secondary N) is 1. The number of nitrogens with zero attached hydrogens (tertiary/aromatic N) is 1. The lowest BCUT2D eigenvalue weighted by Gasteiger charge is -2.24. The van der Waals surface area contributed by atoms with Crippen LogP contribution in [0.5, 0.6) is 0 Å². The normalized spacial score (nSPS) is 18.6. The Morgan fingerprint density at radius 3 is 2.95 bits per heavy atom. The second kappa shape index (κ2) is 7.30. The average molecular weight is 315 g/mol. The predicted octanol–water partition coefficient (Wildman–Crippen LogP) is 3.14. The molecule has 1 saturated heterocycles. The number of hydrogen-bond donors (Lipinski definition) is 1. The van der Waals surface area contributed by atoms with Crippen molar-refractivity contribution in [1.82, 2.24) is 10.2 Å². The average Bonchev–Trinajstić information content (AvgIpc) is 2.86. The largest absolute Gasteiger partial charge is 0.338 e. The number of hydrogen-bond acceptors (Lipinski definition) is 2. The summed E-state index contributed by atoms with van der Waals surface area (Å²) >= 11 is 12.0. The zero-order valence-electron chi connectivity index (χ0n) is 11.7. The molecule has 1 aliphatic rings. The van der Waals surface area contributed by atoms with E-state index < -0.39 is 0 Å². The van der Waals surface area contributed by atoms with E-state index in [0.717, 1.165) is 31.5 Å². The van der Waals surface area contributed by atoms with Crippen LogP contribution in [0.1, 0.15) is 24.8 Å². The van der Waals surface area contributed by atoms with Crippen molar-refractivity contribution in [2.75, 3.05) is 20.1 Å². The van der Waals surface area contributed by atoms with Crippen molar-refractivity contribution >= 4 is 29.1 Å². The van der Waals surface area contributed by atoms with Gasteiger partial charge in [-0.15, -0.1) is 0 Å². The maximum absolute atomic E-state index is 12.3. The van der Waals surface area contributed by atoms with Gasteiger partial charge in [0.05, 0.1) is 0 Å². The second-order valence-corrected chi connectivity index (χ2v) is 6.02. The van der Waals surface area contributed by atoms with Crippen molar-refractivity contribution in [3.8, 4) is 0 Å². The number of rotatable bonds is 5. The molecule has 110 valence electrons. The van der Waals surface area contributed by atoms with Gasteiger partial charge in [-0.3, -0.25) is 4.79 Å². The highest BCUT2D eigenvalue weighted by atomic mass is 35.5. The molecule has 1 unspecified atom stereocenters. The summed E-state index contributed by atoms with van der Waals surface area (Å²) in [4.78, 5) is 14.3. The molecule has 0 spiro atoms. The Labute approximate surface area is 130 Å². The Hall–Kier alpha value is -0.770. The third-order valence-corrected chi connectivity index (χ3v) is 4.35. The SMILES string of the molecule is CNCC1CCCN1C(=O)CCc1ccc(Cl)cc1Cl. The Morgan fingerprint density at radius 1 is 1.45 bits per heavy atom. The minimum Gasteiger partial charge on any atom is -0.338 e. The first-order valence-electron chi connectivity index (χ1n) is 7.00. The summed E-state index contributed by atoms with van der Waals surface area (Å²) in [5.74, 6) is 0.216. The first kappa shape index (κ1) is 15.6. The quantitative estimate of drug-likeness (QED) is 0.905. The lowest BCUT2D eigenvalue weighted by molar-refractivity contribution is -0.131. The number of likely N-dealkylation sites (N-methyl/N-ethyl adjacent to an activating group) is 1. The van der Waals surface area contributed by atoms with Gasteiger partial charge in [0, 0.05) is 35.6 Å². The lowest BCUT2D eigenvalue weighted by atomic mass is 10.1. The molecule has 0 saturated carbocycles. The van der Waals surface area contributed by atoms with Crippen LogP contribution in [-0.4, -0.2) is 37.0 Å². The van der Waals surface area contributed by atoms with E-state index in [-0.39, 0.29) is 5.91 Å². The minimum absolute atomic E-state index is 0.216. The van der Waals surface area contributed by atoms with Gasteiger partial charge in [-0.05, 0) is 44.0 Å². The fourth-order valence-corrected chi connectivity index (χ4v) is 3.22. The van der Waals surface area contributed by atoms with Gasteiger partial charge in [-0.25, -0.2) is 0 Å². The van der Waals surface area contributed by atoms with Crippen molar-refractivity contribution in [2.24, 2.45) is 0 Å². The van der Waals surface area contributed by atoms with Crippen LogP contribution in [0.3, 0.4) is 0 Å². The molecule has 1 fully saturated rings. The smallest absolute Gasteiger partial charge is 0.223 e. The molecule has 1 atom stereocenters. The van der Waals surface area contributed by atoms with E-state index in [4.69, 9.17) is 23.2 Å². The Kier molecular flexibility index (Phi) is 5.70. The maximum atomic E-state index is 12.3. The monoisotopic (exact) mass is 314 g/mol. The van der Waals surface area contributed by atoms with Gasteiger partial charge in [0.2, 0.25) is 5.91 Å². The fraction of sp³-hybridized carbons (Fsp3) is 0.533. The topological polar surface area (TPSA) is 32.3 Å². The first-order chi connectivity index (χ1) is 9.61. The van der Waals surface area contributed by atoms with Gasteiger partial charge in [-0.1, -0.05) is 29.3 Å². The van der Waals surface area contributed by atoms with Crippen LogP contribution in [0, 0.1) is 0 Å². The summed E-state index contributed by atoms with van der Waals surface area (Å²) in [6.07, 6.45) is 3.35. The van der Waals surface area contributed by atoms with E-state index in [0.29, 0.717) is 28.9 Å². The van der Waals surface area contributed by atoms with E-state index in [1.165, 1.54) is 0 Å².